The van der Waals surface area contributed by atoms with Gasteiger partial charge in [-0.25, -0.2) is 0 Å². The zero-order chi connectivity index (χ0) is 15.5. The number of amidine groups is 1. The molecule has 0 aromatic heterocycles. The molecule has 7 heteroatoms. The Morgan fingerprint density at radius 3 is 2.29 bits per heavy atom. The van der Waals surface area contributed by atoms with Gasteiger partial charge in [0.1, 0.15) is 18.2 Å². The van der Waals surface area contributed by atoms with Crippen molar-refractivity contribution in [3.63, 3.8) is 0 Å². The summed E-state index contributed by atoms with van der Waals surface area (Å²) >= 11 is 5.99. The average Bonchev–Trinajstić information content (AvgIpc) is 2.45. The number of methoxy groups -OCH3 is 1. The molecule has 1 aromatic carbocycles. The highest BCUT2D eigenvalue weighted by molar-refractivity contribution is 6.34. The summed E-state index contributed by atoms with van der Waals surface area (Å²) in [6, 6.07) is 5.01. The number of halogens is 1. The van der Waals surface area contributed by atoms with Crippen LogP contribution in [-0.2, 0) is 14.2 Å². The minimum absolute atomic E-state index is 0.0663. The lowest BCUT2D eigenvalue weighted by Crippen LogP contribution is -2.13. The molecular formula is C14H21ClN2O4. The summed E-state index contributed by atoms with van der Waals surface area (Å²) < 4.78 is 20.9. The molecule has 0 unspecified atom stereocenters. The molecule has 0 fully saturated rings. The number of hydrogen-bond donors (Lipinski definition) is 2. The molecule has 0 saturated carbocycles. The van der Waals surface area contributed by atoms with Crippen LogP contribution in [0, 0.1) is 5.41 Å². The van der Waals surface area contributed by atoms with E-state index in [1.807, 2.05) is 0 Å². The Morgan fingerprint density at radius 1 is 1.10 bits per heavy atom. The molecule has 0 aliphatic rings. The fraction of sp³-hybridized carbons (Fsp3) is 0.500. The number of ether oxygens (including phenoxy) is 4. The molecule has 0 bridgehead atoms. The van der Waals surface area contributed by atoms with E-state index in [1.165, 1.54) is 0 Å². The largest absolute Gasteiger partial charge is 0.491 e. The second kappa shape index (κ2) is 10.4. The Hall–Kier alpha value is -1.34. The quantitative estimate of drug-likeness (QED) is 0.368. The molecule has 0 aliphatic carbocycles. The van der Waals surface area contributed by atoms with E-state index in [0.29, 0.717) is 56.0 Å². The van der Waals surface area contributed by atoms with Gasteiger partial charge in [0.2, 0.25) is 0 Å². The number of rotatable bonds is 11. The van der Waals surface area contributed by atoms with Gasteiger partial charge in [-0.15, -0.1) is 0 Å². The van der Waals surface area contributed by atoms with Gasteiger partial charge in [0.25, 0.3) is 0 Å². The second-order valence-corrected chi connectivity index (χ2v) is 4.53. The van der Waals surface area contributed by atoms with Gasteiger partial charge in [-0.2, -0.15) is 0 Å². The van der Waals surface area contributed by atoms with Crippen molar-refractivity contribution in [3.8, 4) is 5.75 Å². The molecule has 0 spiro atoms. The Labute approximate surface area is 129 Å². The fourth-order valence-electron chi connectivity index (χ4n) is 1.49. The van der Waals surface area contributed by atoms with Gasteiger partial charge < -0.3 is 24.7 Å². The number of benzene rings is 1. The van der Waals surface area contributed by atoms with E-state index in [9.17, 15) is 0 Å². The van der Waals surface area contributed by atoms with Gasteiger partial charge in [-0.1, -0.05) is 11.6 Å². The normalized spacial score (nSPS) is 10.6. The average molecular weight is 317 g/mol. The molecule has 0 amide bonds. The van der Waals surface area contributed by atoms with Crippen molar-refractivity contribution in [2.75, 3.05) is 46.8 Å². The molecule has 0 saturated heterocycles. The molecular weight excluding hydrogens is 296 g/mol. The molecule has 0 heterocycles. The zero-order valence-electron chi connectivity index (χ0n) is 12.1. The highest BCUT2D eigenvalue weighted by atomic mass is 35.5. The Balaban J connectivity index is 2.13. The fourth-order valence-corrected chi connectivity index (χ4v) is 1.76. The number of nitrogens with one attached hydrogen (secondary N) is 1. The third-order valence-corrected chi connectivity index (χ3v) is 2.84. The number of nitrogen functional groups attached to an aromatic ring is 1. The van der Waals surface area contributed by atoms with E-state index in [0.717, 1.165) is 0 Å². The van der Waals surface area contributed by atoms with Crippen LogP contribution in [0.15, 0.2) is 18.2 Å². The van der Waals surface area contributed by atoms with Crippen LogP contribution in [0.2, 0.25) is 5.02 Å². The Morgan fingerprint density at radius 2 is 1.71 bits per heavy atom. The number of hydrogen-bond acceptors (Lipinski definition) is 5. The maximum Gasteiger partial charge on any atom is 0.124 e. The summed E-state index contributed by atoms with van der Waals surface area (Å²) in [5.41, 5.74) is 5.88. The van der Waals surface area contributed by atoms with Gasteiger partial charge in [0, 0.05) is 12.7 Å². The third-order valence-electron chi connectivity index (χ3n) is 2.53. The van der Waals surface area contributed by atoms with E-state index in [2.05, 4.69) is 0 Å². The van der Waals surface area contributed by atoms with Gasteiger partial charge in [0.15, 0.2) is 0 Å². The summed E-state index contributed by atoms with van der Waals surface area (Å²) in [4.78, 5) is 0. The van der Waals surface area contributed by atoms with Crippen LogP contribution in [0.3, 0.4) is 0 Å². The highest BCUT2D eigenvalue weighted by Gasteiger charge is 2.05. The van der Waals surface area contributed by atoms with E-state index in [-0.39, 0.29) is 5.84 Å². The third kappa shape index (κ3) is 7.29. The first-order chi connectivity index (χ1) is 10.1. The van der Waals surface area contributed by atoms with Crippen LogP contribution in [0.1, 0.15) is 5.56 Å². The molecule has 0 atom stereocenters. The highest BCUT2D eigenvalue weighted by Crippen LogP contribution is 2.22. The van der Waals surface area contributed by atoms with Crippen molar-refractivity contribution in [3.05, 3.63) is 28.8 Å². The standard InChI is InChI=1S/C14H21ClN2O4/c1-18-4-5-19-6-7-20-8-9-21-11-2-3-12(14(16)17)13(15)10-11/h2-3,10H,4-9H2,1H3,(H3,16,17). The predicted molar refractivity (Wildman–Crippen MR) is 81.5 cm³/mol. The molecule has 118 valence electrons. The van der Waals surface area contributed by atoms with Gasteiger partial charge >= 0.3 is 0 Å². The van der Waals surface area contributed by atoms with E-state index in [4.69, 9.17) is 41.7 Å². The van der Waals surface area contributed by atoms with E-state index >= 15 is 0 Å². The van der Waals surface area contributed by atoms with Crippen molar-refractivity contribution in [2.24, 2.45) is 5.73 Å². The summed E-state index contributed by atoms with van der Waals surface area (Å²) in [5.74, 6) is 0.549. The first-order valence-corrected chi connectivity index (χ1v) is 6.94. The molecule has 3 N–H and O–H groups in total. The minimum Gasteiger partial charge on any atom is -0.491 e. The molecule has 6 nitrogen and oxygen atoms in total. The lowest BCUT2D eigenvalue weighted by Gasteiger charge is -2.09. The number of nitrogens with two attached hydrogens (primary N) is 1. The maximum absolute atomic E-state index is 7.33. The lowest BCUT2D eigenvalue weighted by molar-refractivity contribution is 0.0180. The Bertz CT molecular complexity index is 443. The van der Waals surface area contributed by atoms with Crippen LogP contribution in [-0.4, -0.2) is 52.6 Å². The minimum atomic E-state index is -0.0663. The van der Waals surface area contributed by atoms with Gasteiger partial charge in [0.05, 0.1) is 38.1 Å². The van der Waals surface area contributed by atoms with Crippen LogP contribution in [0.25, 0.3) is 0 Å². The van der Waals surface area contributed by atoms with Crippen LogP contribution in [0.4, 0.5) is 0 Å². The zero-order valence-corrected chi connectivity index (χ0v) is 12.8. The van der Waals surface area contributed by atoms with Crippen LogP contribution >= 0.6 is 11.6 Å². The van der Waals surface area contributed by atoms with Crippen LogP contribution < -0.4 is 10.5 Å². The second-order valence-electron chi connectivity index (χ2n) is 4.12. The SMILES string of the molecule is COCCOCCOCCOc1ccc(C(=N)N)c(Cl)c1. The lowest BCUT2D eigenvalue weighted by atomic mass is 10.2. The predicted octanol–water partition coefficient (Wildman–Crippen LogP) is 1.68. The van der Waals surface area contributed by atoms with Crippen molar-refractivity contribution >= 4 is 17.4 Å². The summed E-state index contributed by atoms with van der Waals surface area (Å²) in [6.45, 7) is 3.06. The topological polar surface area (TPSA) is 86.8 Å². The van der Waals surface area contributed by atoms with Crippen molar-refractivity contribution in [1.29, 1.82) is 5.41 Å². The molecule has 0 aliphatic heterocycles. The van der Waals surface area contributed by atoms with Gasteiger partial charge in [-0.05, 0) is 18.2 Å². The van der Waals surface area contributed by atoms with Crippen molar-refractivity contribution < 1.29 is 18.9 Å². The molecule has 1 rings (SSSR count). The van der Waals surface area contributed by atoms with Crippen molar-refractivity contribution in [2.45, 2.75) is 0 Å². The molecule has 21 heavy (non-hydrogen) atoms. The summed E-state index contributed by atoms with van der Waals surface area (Å²) in [7, 11) is 1.63. The van der Waals surface area contributed by atoms with Crippen LogP contribution in [0.5, 0.6) is 5.75 Å². The Kier molecular flexibility index (Phi) is 8.77. The van der Waals surface area contributed by atoms with E-state index < -0.39 is 0 Å². The van der Waals surface area contributed by atoms with Gasteiger partial charge in [-0.3, -0.25) is 5.41 Å². The molecule has 1 aromatic rings. The monoisotopic (exact) mass is 316 g/mol. The first kappa shape index (κ1) is 17.7. The summed E-state index contributed by atoms with van der Waals surface area (Å²) in [5, 5.41) is 7.73. The first-order valence-electron chi connectivity index (χ1n) is 6.56. The van der Waals surface area contributed by atoms with Crippen molar-refractivity contribution in [1.82, 2.24) is 0 Å². The maximum atomic E-state index is 7.33. The smallest absolute Gasteiger partial charge is 0.124 e. The molecule has 0 radical (unpaired) electrons. The van der Waals surface area contributed by atoms with E-state index in [1.54, 1.807) is 25.3 Å². The summed E-state index contributed by atoms with van der Waals surface area (Å²) in [6.07, 6.45) is 0.